The number of carbonyl (C=O) groups excluding carboxylic acids is 1. The molecule has 16 heavy (non-hydrogen) atoms. The Labute approximate surface area is 99.8 Å². The Morgan fingerprint density at radius 2 is 2.00 bits per heavy atom. The number of hydrogen-bond acceptors (Lipinski definition) is 2. The molecule has 0 aromatic heterocycles. The van der Waals surface area contributed by atoms with E-state index in [2.05, 4.69) is 11.7 Å². The Balaban J connectivity index is 2.05. The second-order valence-electron chi connectivity index (χ2n) is 5.31. The fourth-order valence-corrected chi connectivity index (χ4v) is 2.81. The van der Waals surface area contributed by atoms with Gasteiger partial charge in [-0.25, -0.2) is 0 Å². The monoisotopic (exact) mass is 226 g/mol. The van der Waals surface area contributed by atoms with Crippen molar-refractivity contribution >= 4 is 5.97 Å². The molecule has 0 amide bonds. The molecule has 0 aromatic rings. The zero-order valence-electron chi connectivity index (χ0n) is 10.8. The van der Waals surface area contributed by atoms with Gasteiger partial charge in [-0.05, 0) is 24.7 Å². The third-order valence-corrected chi connectivity index (χ3v) is 3.77. The first-order valence-corrected chi connectivity index (χ1v) is 6.79. The van der Waals surface area contributed by atoms with Crippen molar-refractivity contribution in [3.63, 3.8) is 0 Å². The van der Waals surface area contributed by atoms with Crippen molar-refractivity contribution in [3.8, 4) is 0 Å². The second-order valence-corrected chi connectivity index (χ2v) is 5.31. The largest absolute Gasteiger partial charge is 0.469 e. The highest BCUT2D eigenvalue weighted by Crippen LogP contribution is 2.30. The zero-order chi connectivity index (χ0) is 11.8. The Morgan fingerprint density at radius 3 is 2.62 bits per heavy atom. The third-order valence-electron chi connectivity index (χ3n) is 3.77. The molecule has 1 fully saturated rings. The molecule has 0 bridgehead atoms. The summed E-state index contributed by atoms with van der Waals surface area (Å²) < 4.78 is 4.64. The summed E-state index contributed by atoms with van der Waals surface area (Å²) in [4.78, 5) is 11.0. The van der Waals surface area contributed by atoms with E-state index in [1.807, 2.05) is 0 Å². The molecule has 0 radical (unpaired) electrons. The summed E-state index contributed by atoms with van der Waals surface area (Å²) in [6.07, 6.45) is 11.3. The minimum absolute atomic E-state index is 0.0649. The number of esters is 1. The summed E-state index contributed by atoms with van der Waals surface area (Å²) in [7, 11) is 1.47. The van der Waals surface area contributed by atoms with Gasteiger partial charge in [0.2, 0.25) is 0 Å². The van der Waals surface area contributed by atoms with E-state index in [0.29, 0.717) is 6.42 Å². The van der Waals surface area contributed by atoms with Gasteiger partial charge in [0.25, 0.3) is 0 Å². The van der Waals surface area contributed by atoms with E-state index >= 15 is 0 Å². The van der Waals surface area contributed by atoms with E-state index in [-0.39, 0.29) is 5.97 Å². The number of carbonyl (C=O) groups is 1. The molecular formula is C14H26O2. The maximum absolute atomic E-state index is 11.0. The van der Waals surface area contributed by atoms with Gasteiger partial charge in [-0.1, -0.05) is 45.4 Å². The Bertz CT molecular complexity index is 195. The van der Waals surface area contributed by atoms with Crippen LogP contribution in [0.5, 0.6) is 0 Å². The van der Waals surface area contributed by atoms with Gasteiger partial charge in [0.15, 0.2) is 0 Å². The molecule has 2 nitrogen and oxygen atoms in total. The third kappa shape index (κ3) is 5.53. The van der Waals surface area contributed by atoms with E-state index in [1.54, 1.807) is 0 Å². The van der Waals surface area contributed by atoms with Gasteiger partial charge in [0.1, 0.15) is 0 Å². The maximum Gasteiger partial charge on any atom is 0.305 e. The molecule has 0 heterocycles. The highest BCUT2D eigenvalue weighted by atomic mass is 16.5. The molecule has 2 heteroatoms. The molecule has 1 aliphatic carbocycles. The summed E-state index contributed by atoms with van der Waals surface area (Å²) in [6.45, 7) is 2.33. The molecule has 1 unspecified atom stereocenters. The molecule has 94 valence electrons. The van der Waals surface area contributed by atoms with Crippen LogP contribution in [0.4, 0.5) is 0 Å². The molecule has 1 saturated carbocycles. The van der Waals surface area contributed by atoms with Crippen LogP contribution >= 0.6 is 0 Å². The Morgan fingerprint density at radius 1 is 1.31 bits per heavy atom. The standard InChI is InChI=1S/C14H26O2/c1-12(7-6-10-14(15)16-2)11-13-8-4-3-5-9-13/h12-13H,3-11H2,1-2H3. The van der Waals surface area contributed by atoms with Gasteiger partial charge < -0.3 is 4.74 Å². The summed E-state index contributed by atoms with van der Waals surface area (Å²) >= 11 is 0. The first-order chi connectivity index (χ1) is 7.72. The van der Waals surface area contributed by atoms with Crippen molar-refractivity contribution in [2.75, 3.05) is 7.11 Å². The highest BCUT2D eigenvalue weighted by molar-refractivity contribution is 5.68. The van der Waals surface area contributed by atoms with Crippen LogP contribution < -0.4 is 0 Å². The smallest absolute Gasteiger partial charge is 0.305 e. The van der Waals surface area contributed by atoms with Crippen LogP contribution in [0.25, 0.3) is 0 Å². The van der Waals surface area contributed by atoms with Gasteiger partial charge >= 0.3 is 5.97 Å². The predicted octanol–water partition coefficient (Wildman–Crippen LogP) is 3.94. The lowest BCUT2D eigenvalue weighted by molar-refractivity contribution is -0.140. The summed E-state index contributed by atoms with van der Waals surface area (Å²) in [5.74, 6) is 1.67. The SMILES string of the molecule is COC(=O)CCCC(C)CC1CCCCC1. The molecule has 0 N–H and O–H groups in total. The summed E-state index contributed by atoms with van der Waals surface area (Å²) in [5.41, 5.74) is 0. The average molecular weight is 226 g/mol. The van der Waals surface area contributed by atoms with Gasteiger partial charge in [0.05, 0.1) is 7.11 Å². The van der Waals surface area contributed by atoms with Crippen molar-refractivity contribution in [1.82, 2.24) is 0 Å². The lowest BCUT2D eigenvalue weighted by Crippen LogP contribution is -2.11. The molecule has 0 spiro atoms. The summed E-state index contributed by atoms with van der Waals surface area (Å²) in [5, 5.41) is 0. The lowest BCUT2D eigenvalue weighted by atomic mass is 9.82. The molecule has 0 saturated heterocycles. The Kier molecular flexibility index (Phi) is 6.51. The quantitative estimate of drug-likeness (QED) is 0.641. The van der Waals surface area contributed by atoms with Crippen molar-refractivity contribution in [1.29, 1.82) is 0 Å². The van der Waals surface area contributed by atoms with E-state index in [0.717, 1.165) is 18.3 Å². The topological polar surface area (TPSA) is 26.3 Å². The van der Waals surface area contributed by atoms with Gasteiger partial charge in [-0.3, -0.25) is 4.79 Å². The highest BCUT2D eigenvalue weighted by Gasteiger charge is 2.16. The van der Waals surface area contributed by atoms with E-state index < -0.39 is 0 Å². The van der Waals surface area contributed by atoms with Crippen LogP contribution in [0.2, 0.25) is 0 Å². The van der Waals surface area contributed by atoms with Crippen LogP contribution in [-0.2, 0) is 9.53 Å². The van der Waals surface area contributed by atoms with Gasteiger partial charge in [-0.2, -0.15) is 0 Å². The molecule has 0 aliphatic heterocycles. The van der Waals surface area contributed by atoms with E-state index in [4.69, 9.17) is 0 Å². The zero-order valence-corrected chi connectivity index (χ0v) is 10.8. The predicted molar refractivity (Wildman–Crippen MR) is 66.2 cm³/mol. The lowest BCUT2D eigenvalue weighted by Gasteiger charge is -2.24. The normalized spacial score (nSPS) is 19.4. The Hall–Kier alpha value is -0.530. The van der Waals surface area contributed by atoms with Crippen LogP contribution in [-0.4, -0.2) is 13.1 Å². The minimum Gasteiger partial charge on any atom is -0.469 e. The minimum atomic E-state index is -0.0649. The van der Waals surface area contributed by atoms with Crippen molar-refractivity contribution in [3.05, 3.63) is 0 Å². The number of ether oxygens (including phenoxy) is 1. The first kappa shape index (κ1) is 13.5. The molecule has 0 aromatic carbocycles. The number of rotatable bonds is 6. The van der Waals surface area contributed by atoms with E-state index in [1.165, 1.54) is 52.1 Å². The molecule has 1 atom stereocenters. The molecule has 1 aliphatic rings. The van der Waals surface area contributed by atoms with Crippen molar-refractivity contribution in [2.24, 2.45) is 11.8 Å². The second kappa shape index (κ2) is 7.70. The molecule has 1 rings (SSSR count). The maximum atomic E-state index is 11.0. The fraction of sp³-hybridized carbons (Fsp3) is 0.929. The van der Waals surface area contributed by atoms with Crippen LogP contribution in [0.15, 0.2) is 0 Å². The van der Waals surface area contributed by atoms with Gasteiger partial charge in [0, 0.05) is 6.42 Å². The van der Waals surface area contributed by atoms with Crippen LogP contribution in [0, 0.1) is 11.8 Å². The van der Waals surface area contributed by atoms with Gasteiger partial charge in [-0.15, -0.1) is 0 Å². The molecular weight excluding hydrogens is 200 g/mol. The average Bonchev–Trinajstić information content (AvgIpc) is 2.30. The first-order valence-electron chi connectivity index (χ1n) is 6.79. The number of methoxy groups -OCH3 is 1. The van der Waals surface area contributed by atoms with Crippen LogP contribution in [0.3, 0.4) is 0 Å². The van der Waals surface area contributed by atoms with E-state index in [9.17, 15) is 4.79 Å². The van der Waals surface area contributed by atoms with Crippen LogP contribution in [0.1, 0.15) is 64.7 Å². The number of hydrogen-bond donors (Lipinski definition) is 0. The van der Waals surface area contributed by atoms with Crippen molar-refractivity contribution in [2.45, 2.75) is 64.7 Å². The summed E-state index contributed by atoms with van der Waals surface area (Å²) in [6, 6.07) is 0. The fourth-order valence-electron chi connectivity index (χ4n) is 2.81. The van der Waals surface area contributed by atoms with Crippen molar-refractivity contribution < 1.29 is 9.53 Å².